The molecule has 0 atom stereocenters. The molecule has 0 saturated heterocycles. The Bertz CT molecular complexity index is 1110. The molecule has 142 valence electrons. The minimum atomic E-state index is -0.325. The Kier molecular flexibility index (Phi) is 4.30. The minimum absolute atomic E-state index is 0.0949. The number of aromatic nitrogens is 3. The molecule has 1 amide bonds. The van der Waals surface area contributed by atoms with Crippen LogP contribution in [0.15, 0.2) is 54.6 Å². The molecule has 0 aliphatic heterocycles. The van der Waals surface area contributed by atoms with Gasteiger partial charge in [-0.05, 0) is 45.4 Å². The van der Waals surface area contributed by atoms with E-state index in [4.69, 9.17) is 4.98 Å². The largest absolute Gasteiger partial charge is 0.355 e. The predicted molar refractivity (Wildman–Crippen MR) is 113 cm³/mol. The van der Waals surface area contributed by atoms with E-state index in [1.165, 1.54) is 0 Å². The molecule has 0 spiro atoms. The van der Waals surface area contributed by atoms with E-state index in [0.717, 1.165) is 39.4 Å². The first-order valence-electron chi connectivity index (χ1n) is 9.39. The van der Waals surface area contributed by atoms with Crippen molar-refractivity contribution in [1.29, 1.82) is 0 Å². The van der Waals surface area contributed by atoms with Gasteiger partial charge in [0.2, 0.25) is 0 Å². The van der Waals surface area contributed by atoms with Crippen LogP contribution >= 0.6 is 0 Å². The van der Waals surface area contributed by atoms with Gasteiger partial charge in [0.25, 0.3) is 5.91 Å². The number of amides is 1. The van der Waals surface area contributed by atoms with E-state index in [-0.39, 0.29) is 11.4 Å². The number of H-pyrrole nitrogens is 2. The number of nitrogens with one attached hydrogen (secondary N) is 3. The van der Waals surface area contributed by atoms with Gasteiger partial charge in [0.05, 0.1) is 22.3 Å². The number of carbonyl (C=O) groups excluding carboxylic acids is 1. The van der Waals surface area contributed by atoms with Gasteiger partial charge in [-0.2, -0.15) is 0 Å². The van der Waals surface area contributed by atoms with Crippen LogP contribution in [0.1, 0.15) is 36.8 Å². The number of nitrogens with zero attached hydrogens (tertiary/aromatic N) is 1. The number of hydrogen-bond acceptors (Lipinski definition) is 2. The normalized spacial score (nSPS) is 11.7. The van der Waals surface area contributed by atoms with Crippen molar-refractivity contribution in [3.05, 3.63) is 65.9 Å². The second-order valence-electron chi connectivity index (χ2n) is 8.05. The van der Waals surface area contributed by atoms with Crippen molar-refractivity contribution in [1.82, 2.24) is 20.3 Å². The second kappa shape index (κ2) is 6.68. The summed E-state index contributed by atoms with van der Waals surface area (Å²) in [6, 6.07) is 17.9. The highest BCUT2D eigenvalue weighted by atomic mass is 16.1. The highest BCUT2D eigenvalue weighted by molar-refractivity contribution is 6.06. The lowest BCUT2D eigenvalue weighted by molar-refractivity contribution is 0.0919. The molecule has 4 aromatic rings. The van der Waals surface area contributed by atoms with Crippen LogP contribution in [0.3, 0.4) is 0 Å². The number of fused-ring (bicyclic) bond motifs is 1. The molecule has 4 rings (SSSR count). The highest BCUT2D eigenvalue weighted by Crippen LogP contribution is 2.36. The molecular formula is C23H24N4O. The van der Waals surface area contributed by atoms with Crippen molar-refractivity contribution < 1.29 is 4.79 Å². The topological polar surface area (TPSA) is 73.6 Å². The number of benzene rings is 2. The summed E-state index contributed by atoms with van der Waals surface area (Å²) in [5, 5.41) is 3.09. The maximum Gasteiger partial charge on any atom is 0.254 e. The standard InChI is InChI=1S/C23H24N4O/c1-14-18(22(28)27-23(2,3)4)19(15-10-6-5-7-11-15)20(24-14)21-25-16-12-8-9-13-17(16)26-21/h5-13,24H,1-4H3,(H,25,26)(H,27,28). The average molecular weight is 372 g/mol. The zero-order valence-corrected chi connectivity index (χ0v) is 16.6. The van der Waals surface area contributed by atoms with Crippen LogP contribution in [0.25, 0.3) is 33.7 Å². The summed E-state index contributed by atoms with van der Waals surface area (Å²) in [5.41, 5.74) is 5.65. The van der Waals surface area contributed by atoms with Crippen molar-refractivity contribution in [2.24, 2.45) is 0 Å². The van der Waals surface area contributed by atoms with E-state index >= 15 is 0 Å². The fourth-order valence-corrected chi connectivity index (χ4v) is 3.45. The summed E-state index contributed by atoms with van der Waals surface area (Å²) in [7, 11) is 0. The fraction of sp³-hybridized carbons (Fsp3) is 0.217. The molecule has 0 aliphatic carbocycles. The summed E-state index contributed by atoms with van der Waals surface area (Å²) in [6.45, 7) is 7.87. The molecular weight excluding hydrogens is 348 g/mol. The predicted octanol–water partition coefficient (Wildman–Crippen LogP) is 5.06. The zero-order valence-electron chi connectivity index (χ0n) is 16.6. The van der Waals surface area contributed by atoms with Gasteiger partial charge in [-0.25, -0.2) is 4.98 Å². The highest BCUT2D eigenvalue weighted by Gasteiger charge is 2.26. The van der Waals surface area contributed by atoms with E-state index in [1.54, 1.807) is 0 Å². The number of aryl methyl sites for hydroxylation is 1. The Balaban J connectivity index is 1.94. The first-order chi connectivity index (χ1) is 13.3. The third-order valence-electron chi connectivity index (χ3n) is 4.59. The Morgan fingerprint density at radius 2 is 1.64 bits per heavy atom. The van der Waals surface area contributed by atoms with Crippen molar-refractivity contribution in [3.8, 4) is 22.6 Å². The lowest BCUT2D eigenvalue weighted by Gasteiger charge is -2.21. The molecule has 3 N–H and O–H groups in total. The third-order valence-corrected chi connectivity index (χ3v) is 4.59. The molecule has 28 heavy (non-hydrogen) atoms. The molecule has 0 bridgehead atoms. The van der Waals surface area contributed by atoms with Crippen molar-refractivity contribution in [2.75, 3.05) is 0 Å². The van der Waals surface area contributed by atoms with Crippen molar-refractivity contribution >= 4 is 16.9 Å². The molecule has 5 nitrogen and oxygen atoms in total. The van der Waals surface area contributed by atoms with E-state index in [9.17, 15) is 4.79 Å². The number of aromatic amines is 2. The van der Waals surface area contributed by atoms with Crippen LogP contribution in [-0.2, 0) is 0 Å². The molecule has 5 heteroatoms. The van der Waals surface area contributed by atoms with Crippen LogP contribution < -0.4 is 5.32 Å². The van der Waals surface area contributed by atoms with Crippen molar-refractivity contribution in [3.63, 3.8) is 0 Å². The fourth-order valence-electron chi connectivity index (χ4n) is 3.45. The van der Waals surface area contributed by atoms with E-state index in [1.807, 2.05) is 82.3 Å². The smallest absolute Gasteiger partial charge is 0.254 e. The van der Waals surface area contributed by atoms with Gasteiger partial charge < -0.3 is 15.3 Å². The van der Waals surface area contributed by atoms with Crippen LogP contribution in [-0.4, -0.2) is 26.4 Å². The van der Waals surface area contributed by atoms with Crippen LogP contribution in [0.4, 0.5) is 0 Å². The van der Waals surface area contributed by atoms with Gasteiger partial charge in [-0.15, -0.1) is 0 Å². The Hall–Kier alpha value is -3.34. The number of imidazole rings is 1. The SMILES string of the molecule is Cc1[nH]c(-c2nc3ccccc3[nH]2)c(-c2ccccc2)c1C(=O)NC(C)(C)C. The lowest BCUT2D eigenvalue weighted by Crippen LogP contribution is -2.40. The molecule has 0 fully saturated rings. The van der Waals surface area contributed by atoms with E-state index in [0.29, 0.717) is 5.56 Å². The number of carbonyl (C=O) groups is 1. The van der Waals surface area contributed by atoms with Gasteiger partial charge in [0.15, 0.2) is 5.82 Å². The summed E-state index contributed by atoms with van der Waals surface area (Å²) < 4.78 is 0. The van der Waals surface area contributed by atoms with Crippen LogP contribution in [0.5, 0.6) is 0 Å². The van der Waals surface area contributed by atoms with Gasteiger partial charge in [0, 0.05) is 16.8 Å². The van der Waals surface area contributed by atoms with E-state index < -0.39 is 0 Å². The Morgan fingerprint density at radius 3 is 2.32 bits per heavy atom. The number of rotatable bonds is 3. The molecule has 0 saturated carbocycles. The molecule has 0 unspecified atom stereocenters. The maximum absolute atomic E-state index is 13.1. The number of hydrogen-bond donors (Lipinski definition) is 3. The zero-order chi connectivity index (χ0) is 19.9. The van der Waals surface area contributed by atoms with Gasteiger partial charge in [-0.1, -0.05) is 42.5 Å². The first-order valence-corrected chi connectivity index (χ1v) is 9.39. The summed E-state index contributed by atoms with van der Waals surface area (Å²) in [6.07, 6.45) is 0. The summed E-state index contributed by atoms with van der Waals surface area (Å²) >= 11 is 0. The van der Waals surface area contributed by atoms with Crippen LogP contribution in [0, 0.1) is 6.92 Å². The second-order valence-corrected chi connectivity index (χ2v) is 8.05. The van der Waals surface area contributed by atoms with Crippen molar-refractivity contribution in [2.45, 2.75) is 33.2 Å². The molecule has 0 radical (unpaired) electrons. The van der Waals surface area contributed by atoms with Gasteiger partial charge in [-0.3, -0.25) is 4.79 Å². The first kappa shape index (κ1) is 18.0. The lowest BCUT2D eigenvalue weighted by atomic mass is 9.98. The molecule has 0 aliphatic rings. The summed E-state index contributed by atoms with van der Waals surface area (Å²) in [5.74, 6) is 0.625. The Labute approximate surface area is 164 Å². The van der Waals surface area contributed by atoms with Gasteiger partial charge in [0.1, 0.15) is 0 Å². The molecule has 2 aromatic heterocycles. The average Bonchev–Trinajstić information content (AvgIpc) is 3.21. The quantitative estimate of drug-likeness (QED) is 0.470. The Morgan fingerprint density at radius 1 is 0.964 bits per heavy atom. The van der Waals surface area contributed by atoms with Gasteiger partial charge >= 0.3 is 0 Å². The molecule has 2 heterocycles. The van der Waals surface area contributed by atoms with E-state index in [2.05, 4.69) is 15.3 Å². The monoisotopic (exact) mass is 372 g/mol. The maximum atomic E-state index is 13.1. The summed E-state index contributed by atoms with van der Waals surface area (Å²) in [4.78, 5) is 24.6. The number of para-hydroxylation sites is 2. The van der Waals surface area contributed by atoms with Crippen LogP contribution in [0.2, 0.25) is 0 Å². The molecule has 2 aromatic carbocycles. The third kappa shape index (κ3) is 3.31. The minimum Gasteiger partial charge on any atom is -0.355 e.